The lowest BCUT2D eigenvalue weighted by molar-refractivity contribution is -0.142. The largest absolute Gasteiger partial charge is 0.493 e. The molecule has 0 saturated carbocycles. The molecule has 7 nitrogen and oxygen atoms in total. The molecule has 26 heavy (non-hydrogen) atoms. The maximum Gasteiger partial charge on any atom is 0.305 e. The van der Waals surface area contributed by atoms with Crippen LogP contribution in [0.5, 0.6) is 5.75 Å². The van der Waals surface area contributed by atoms with E-state index in [0.717, 1.165) is 4.90 Å². The number of aldehydes is 1. The van der Waals surface area contributed by atoms with Crippen LogP contribution in [-0.2, 0) is 19.1 Å². The highest BCUT2D eigenvalue weighted by Crippen LogP contribution is 2.42. The predicted octanol–water partition coefficient (Wildman–Crippen LogP) is 2.29. The zero-order valence-corrected chi connectivity index (χ0v) is 15.6. The second-order valence-corrected chi connectivity index (χ2v) is 6.48. The number of hydrogen-bond acceptors (Lipinski definition) is 7. The first-order chi connectivity index (χ1) is 12.4. The van der Waals surface area contributed by atoms with Crippen molar-refractivity contribution < 1.29 is 28.7 Å². The molecule has 1 aromatic rings. The van der Waals surface area contributed by atoms with Gasteiger partial charge in [-0.25, -0.2) is 4.90 Å². The monoisotopic (exact) mass is 377 g/mol. The van der Waals surface area contributed by atoms with Gasteiger partial charge in [-0.15, -0.1) is 11.8 Å². The van der Waals surface area contributed by atoms with Crippen molar-refractivity contribution in [2.24, 2.45) is 0 Å². The van der Waals surface area contributed by atoms with Gasteiger partial charge in [-0.2, -0.15) is 0 Å². The summed E-state index contributed by atoms with van der Waals surface area (Å²) < 4.78 is 10.5. The molecule has 0 unspecified atom stereocenters. The molecule has 0 aromatic heterocycles. The Morgan fingerprint density at radius 1 is 1.27 bits per heavy atom. The number of esters is 1. The van der Waals surface area contributed by atoms with E-state index in [0.29, 0.717) is 28.1 Å². The molecule has 0 aliphatic carbocycles. The van der Waals surface area contributed by atoms with Crippen LogP contribution < -0.4 is 9.64 Å². The number of anilines is 1. The zero-order chi connectivity index (χ0) is 19.3. The van der Waals surface area contributed by atoms with Crippen molar-refractivity contribution >= 4 is 41.5 Å². The molecule has 1 aliphatic heterocycles. The number of ether oxygens (including phenoxy) is 2. The first-order valence-electron chi connectivity index (χ1n) is 7.95. The van der Waals surface area contributed by atoms with Gasteiger partial charge in [0.05, 0.1) is 17.7 Å². The molecule has 2 amide bonds. The minimum Gasteiger partial charge on any atom is -0.493 e. The molecule has 0 radical (unpaired) electrons. The van der Waals surface area contributed by atoms with E-state index < -0.39 is 11.8 Å². The molecule has 0 spiro atoms. The summed E-state index contributed by atoms with van der Waals surface area (Å²) >= 11 is 1.26. The molecular formula is C18H19NO6S. The second kappa shape index (κ2) is 8.66. The smallest absolute Gasteiger partial charge is 0.305 e. The van der Waals surface area contributed by atoms with Crippen molar-refractivity contribution in [2.75, 3.05) is 24.4 Å². The van der Waals surface area contributed by atoms with Gasteiger partial charge < -0.3 is 9.47 Å². The number of rotatable bonds is 8. The highest BCUT2D eigenvalue weighted by Gasteiger charge is 2.30. The van der Waals surface area contributed by atoms with E-state index in [2.05, 4.69) is 0 Å². The predicted molar refractivity (Wildman–Crippen MR) is 96.7 cm³/mol. The number of benzene rings is 1. The van der Waals surface area contributed by atoms with Crippen LogP contribution in [-0.4, -0.2) is 43.5 Å². The van der Waals surface area contributed by atoms with Crippen molar-refractivity contribution in [1.29, 1.82) is 0 Å². The zero-order valence-electron chi connectivity index (χ0n) is 14.7. The molecular weight excluding hydrogens is 358 g/mol. The number of methoxy groups -OCH3 is 1. The second-order valence-electron chi connectivity index (χ2n) is 5.37. The summed E-state index contributed by atoms with van der Waals surface area (Å²) in [5.74, 6) is -0.600. The summed E-state index contributed by atoms with van der Waals surface area (Å²) in [6, 6.07) is 1.58. The minimum atomic E-state index is -0.473. The Hall–Kier alpha value is -2.61. The Bertz CT molecular complexity index is 768. The molecule has 0 atom stereocenters. The number of amides is 2. The third kappa shape index (κ3) is 3.96. The highest BCUT2D eigenvalue weighted by atomic mass is 32.2. The van der Waals surface area contributed by atoms with Gasteiger partial charge in [-0.1, -0.05) is 6.92 Å². The Kier molecular flexibility index (Phi) is 6.57. The van der Waals surface area contributed by atoms with Crippen LogP contribution in [0.2, 0.25) is 0 Å². The lowest BCUT2D eigenvalue weighted by Crippen LogP contribution is -2.30. The lowest BCUT2D eigenvalue weighted by Gasteiger charge is -2.22. The average Bonchev–Trinajstić information content (AvgIpc) is 2.96. The van der Waals surface area contributed by atoms with Gasteiger partial charge in [0.2, 0.25) is 0 Å². The third-order valence-electron chi connectivity index (χ3n) is 3.72. The van der Waals surface area contributed by atoms with E-state index in [1.54, 1.807) is 19.9 Å². The fourth-order valence-corrected chi connectivity index (χ4v) is 3.51. The molecule has 2 rings (SSSR count). The highest BCUT2D eigenvalue weighted by molar-refractivity contribution is 7.99. The Morgan fingerprint density at radius 2 is 1.92 bits per heavy atom. The van der Waals surface area contributed by atoms with Crippen molar-refractivity contribution in [1.82, 2.24) is 0 Å². The Balaban J connectivity index is 2.38. The first kappa shape index (κ1) is 19.7. The van der Waals surface area contributed by atoms with Crippen LogP contribution >= 0.6 is 11.8 Å². The van der Waals surface area contributed by atoms with E-state index in [1.807, 2.05) is 0 Å². The summed E-state index contributed by atoms with van der Waals surface area (Å²) in [5.41, 5.74) is 1.30. The summed E-state index contributed by atoms with van der Waals surface area (Å²) in [4.78, 5) is 48.3. The number of carbonyl (C=O) groups is 4. The number of imide groups is 1. The number of nitrogens with zero attached hydrogens (tertiary/aromatic N) is 1. The molecule has 1 heterocycles. The molecule has 0 N–H and O–H groups in total. The molecule has 1 aromatic carbocycles. The van der Waals surface area contributed by atoms with E-state index in [4.69, 9.17) is 9.47 Å². The van der Waals surface area contributed by atoms with Crippen molar-refractivity contribution in [2.45, 2.75) is 25.2 Å². The van der Waals surface area contributed by atoms with Crippen molar-refractivity contribution in [3.63, 3.8) is 0 Å². The quantitative estimate of drug-likeness (QED) is 0.226. The number of hydrogen-bond donors (Lipinski definition) is 0. The SMILES string of the molecule is CCC(=O)OCCSc1c(C=O)c(C)cc(N2C(=O)C=CC2=O)c1OC. The van der Waals surface area contributed by atoms with Gasteiger partial charge >= 0.3 is 5.97 Å². The van der Waals surface area contributed by atoms with Crippen LogP contribution in [0.1, 0.15) is 29.3 Å². The van der Waals surface area contributed by atoms with Crippen LogP contribution in [0.15, 0.2) is 23.1 Å². The normalized spacial score (nSPS) is 13.3. The van der Waals surface area contributed by atoms with E-state index in [9.17, 15) is 19.2 Å². The lowest BCUT2D eigenvalue weighted by atomic mass is 10.1. The molecule has 138 valence electrons. The maximum absolute atomic E-state index is 12.0. The van der Waals surface area contributed by atoms with Gasteiger partial charge in [-0.3, -0.25) is 19.2 Å². The standard InChI is InChI=1S/C18H19NO6S/c1-4-16(23)25-7-8-26-18-12(10-20)11(2)9-13(17(18)24-3)19-14(21)5-6-15(19)22/h5-6,9-10H,4,7-8H2,1-3H3. The van der Waals surface area contributed by atoms with E-state index in [1.165, 1.54) is 31.0 Å². The number of thioether (sulfide) groups is 1. The maximum atomic E-state index is 12.0. The van der Waals surface area contributed by atoms with Gasteiger partial charge in [0.25, 0.3) is 11.8 Å². The molecule has 0 bridgehead atoms. The summed E-state index contributed by atoms with van der Waals surface area (Å²) in [7, 11) is 1.41. The van der Waals surface area contributed by atoms with Crippen LogP contribution in [0.3, 0.4) is 0 Å². The number of carbonyl (C=O) groups excluding carboxylic acids is 4. The summed E-state index contributed by atoms with van der Waals surface area (Å²) in [6.45, 7) is 3.59. The minimum absolute atomic E-state index is 0.172. The molecule has 8 heteroatoms. The fourth-order valence-electron chi connectivity index (χ4n) is 2.46. The van der Waals surface area contributed by atoms with Crippen molar-refractivity contribution in [3.05, 3.63) is 29.3 Å². The van der Waals surface area contributed by atoms with Gasteiger partial charge in [0, 0.05) is 29.9 Å². The first-order valence-corrected chi connectivity index (χ1v) is 8.94. The Morgan fingerprint density at radius 3 is 2.46 bits per heavy atom. The summed E-state index contributed by atoms with van der Waals surface area (Å²) in [5, 5.41) is 0. The van der Waals surface area contributed by atoms with Gasteiger partial charge in [0.15, 0.2) is 12.0 Å². The number of aryl methyl sites for hydroxylation is 1. The van der Waals surface area contributed by atoms with Gasteiger partial charge in [-0.05, 0) is 18.6 Å². The van der Waals surface area contributed by atoms with Gasteiger partial charge in [0.1, 0.15) is 6.61 Å². The Labute approximate surface area is 155 Å². The molecule has 1 aliphatic rings. The van der Waals surface area contributed by atoms with E-state index >= 15 is 0 Å². The molecule has 0 saturated heterocycles. The fraction of sp³-hybridized carbons (Fsp3) is 0.333. The average molecular weight is 377 g/mol. The van der Waals surface area contributed by atoms with E-state index in [-0.39, 0.29) is 30.4 Å². The third-order valence-corrected chi connectivity index (χ3v) is 4.78. The van der Waals surface area contributed by atoms with Crippen LogP contribution in [0.25, 0.3) is 0 Å². The molecule has 0 fully saturated rings. The topological polar surface area (TPSA) is 90.0 Å². The van der Waals surface area contributed by atoms with Crippen LogP contribution in [0.4, 0.5) is 5.69 Å². The van der Waals surface area contributed by atoms with Crippen molar-refractivity contribution in [3.8, 4) is 5.75 Å². The summed E-state index contributed by atoms with van der Waals surface area (Å²) in [6.07, 6.45) is 3.35. The van der Waals surface area contributed by atoms with Crippen LogP contribution in [0, 0.1) is 6.92 Å².